The summed E-state index contributed by atoms with van der Waals surface area (Å²) in [5, 5.41) is 87.3. The lowest BCUT2D eigenvalue weighted by molar-refractivity contribution is -0.359. The van der Waals surface area contributed by atoms with Crippen LogP contribution in [0.2, 0.25) is 0 Å². The summed E-state index contributed by atoms with van der Waals surface area (Å²) >= 11 is 0. The number of rotatable bonds is 57. The molecule has 12 atom stereocenters. The van der Waals surface area contributed by atoms with Gasteiger partial charge in [-0.2, -0.15) is 0 Å². The molecule has 2 rings (SSSR count). The maximum absolute atomic E-state index is 13.3. The first kappa shape index (κ1) is 76.6. The van der Waals surface area contributed by atoms with Gasteiger partial charge in [0.2, 0.25) is 5.91 Å². The smallest absolute Gasteiger partial charge is 0.220 e. The van der Waals surface area contributed by atoms with Gasteiger partial charge >= 0.3 is 0 Å². The van der Waals surface area contributed by atoms with Crippen LogP contribution >= 0.6 is 0 Å². The van der Waals surface area contributed by atoms with Crippen LogP contribution in [-0.2, 0) is 23.7 Å². The molecule has 484 valence electrons. The zero-order chi connectivity index (χ0) is 59.5. The Labute approximate surface area is 500 Å². The molecule has 2 aliphatic rings. The molecule has 82 heavy (non-hydrogen) atoms. The maximum atomic E-state index is 13.3. The summed E-state index contributed by atoms with van der Waals surface area (Å²) in [5.74, 6) is -0.242. The molecule has 0 saturated carbocycles. The third-order valence-electron chi connectivity index (χ3n) is 17.1. The predicted octanol–water partition coefficient (Wildman–Crippen LogP) is 13.6. The topological polar surface area (TPSA) is 228 Å². The van der Waals surface area contributed by atoms with Crippen LogP contribution in [0.25, 0.3) is 0 Å². The quantitative estimate of drug-likeness (QED) is 0.0204. The summed E-state index contributed by atoms with van der Waals surface area (Å²) < 4.78 is 22.8. The number of hydrogen-bond donors (Lipinski definition) is 9. The second-order valence-electron chi connectivity index (χ2n) is 24.7. The molecule has 0 aromatic heterocycles. The monoisotopic (exact) mass is 1170 g/mol. The Kier molecular flexibility index (Phi) is 50.1. The van der Waals surface area contributed by atoms with E-state index in [1.54, 1.807) is 6.08 Å². The van der Waals surface area contributed by atoms with E-state index in [-0.39, 0.29) is 18.9 Å². The lowest BCUT2D eigenvalue weighted by Gasteiger charge is -2.46. The molecular weight excluding hydrogens is 1040 g/mol. The van der Waals surface area contributed by atoms with Crippen molar-refractivity contribution in [1.29, 1.82) is 0 Å². The fourth-order valence-electron chi connectivity index (χ4n) is 11.6. The molecular formula is C68H129NO13. The van der Waals surface area contributed by atoms with Crippen LogP contribution in [-0.4, -0.2) is 140 Å². The number of carbonyl (C=O) groups is 1. The number of allylic oxidation sites excluding steroid dienone is 3. The van der Waals surface area contributed by atoms with E-state index in [1.807, 2.05) is 6.08 Å². The number of unbranched alkanes of at least 4 members (excludes halogenated alkanes) is 42. The Bertz CT molecular complexity index is 1470. The van der Waals surface area contributed by atoms with Crippen LogP contribution in [0, 0.1) is 0 Å². The second kappa shape index (κ2) is 53.7. The van der Waals surface area contributed by atoms with Crippen molar-refractivity contribution >= 4 is 5.91 Å². The van der Waals surface area contributed by atoms with Crippen LogP contribution in [0.1, 0.15) is 309 Å². The van der Waals surface area contributed by atoms with Crippen molar-refractivity contribution in [2.75, 3.05) is 19.8 Å². The summed E-state index contributed by atoms with van der Waals surface area (Å²) in [5.41, 5.74) is 0. The molecule has 14 heteroatoms. The second-order valence-corrected chi connectivity index (χ2v) is 24.7. The van der Waals surface area contributed by atoms with E-state index in [1.165, 1.54) is 244 Å². The molecule has 0 aliphatic carbocycles. The fraction of sp³-hybridized carbons (Fsp3) is 0.926. The number of ether oxygens (including phenoxy) is 4. The first-order valence-electron chi connectivity index (χ1n) is 34.6. The van der Waals surface area contributed by atoms with Gasteiger partial charge in [-0.1, -0.05) is 295 Å². The Morgan fingerprint density at radius 1 is 0.427 bits per heavy atom. The minimum Gasteiger partial charge on any atom is -0.394 e. The van der Waals surface area contributed by atoms with Crippen molar-refractivity contribution in [3.63, 3.8) is 0 Å². The van der Waals surface area contributed by atoms with Crippen molar-refractivity contribution in [2.45, 2.75) is 383 Å². The van der Waals surface area contributed by atoms with Gasteiger partial charge in [-0.3, -0.25) is 4.79 Å². The number of amides is 1. The van der Waals surface area contributed by atoms with Gasteiger partial charge in [0.25, 0.3) is 0 Å². The highest BCUT2D eigenvalue weighted by Crippen LogP contribution is 2.30. The van der Waals surface area contributed by atoms with Gasteiger partial charge in [0.1, 0.15) is 48.8 Å². The summed E-state index contributed by atoms with van der Waals surface area (Å²) in [6.07, 6.45) is 49.6. The van der Waals surface area contributed by atoms with E-state index in [4.69, 9.17) is 18.9 Å². The van der Waals surface area contributed by atoms with Crippen LogP contribution in [0.15, 0.2) is 24.3 Å². The summed E-state index contributed by atoms with van der Waals surface area (Å²) in [6, 6.07) is -0.929. The average Bonchev–Trinajstić information content (AvgIpc) is 3.66. The van der Waals surface area contributed by atoms with Gasteiger partial charge < -0.3 is 65.1 Å². The molecule has 2 saturated heterocycles. The Balaban J connectivity index is 1.67. The molecule has 9 N–H and O–H groups in total. The number of aliphatic hydroxyl groups excluding tert-OH is 8. The highest BCUT2D eigenvalue weighted by atomic mass is 16.7. The molecule has 14 nitrogen and oxygen atoms in total. The van der Waals surface area contributed by atoms with Crippen molar-refractivity contribution in [1.82, 2.24) is 5.32 Å². The van der Waals surface area contributed by atoms with Crippen LogP contribution in [0.5, 0.6) is 0 Å². The molecule has 0 radical (unpaired) electrons. The number of hydrogen-bond acceptors (Lipinski definition) is 13. The third kappa shape index (κ3) is 37.9. The van der Waals surface area contributed by atoms with E-state index in [9.17, 15) is 45.6 Å². The summed E-state index contributed by atoms with van der Waals surface area (Å²) in [7, 11) is 0. The minimum absolute atomic E-state index is 0.242. The van der Waals surface area contributed by atoms with Gasteiger partial charge in [-0.15, -0.1) is 0 Å². The van der Waals surface area contributed by atoms with E-state index in [2.05, 4.69) is 31.3 Å². The zero-order valence-electron chi connectivity index (χ0n) is 52.5. The van der Waals surface area contributed by atoms with Crippen LogP contribution in [0.3, 0.4) is 0 Å². The van der Waals surface area contributed by atoms with Gasteiger partial charge in [-0.05, 0) is 32.1 Å². The molecule has 2 aliphatic heterocycles. The van der Waals surface area contributed by atoms with Crippen LogP contribution < -0.4 is 5.32 Å². The molecule has 2 fully saturated rings. The van der Waals surface area contributed by atoms with E-state index < -0.39 is 86.8 Å². The van der Waals surface area contributed by atoms with Crippen LogP contribution in [0.4, 0.5) is 0 Å². The van der Waals surface area contributed by atoms with Gasteiger partial charge in [0, 0.05) is 6.42 Å². The third-order valence-corrected chi connectivity index (χ3v) is 17.1. The lowest BCUT2D eigenvalue weighted by atomic mass is 9.97. The SMILES string of the molecule is CCCCCCCCCCCCCCC/C=C/CC/C=C/C(O)C(COC1OC(CO)C(OC2OC(CO)C(O)C(O)C2O)C(O)C1O)NC(=O)CCCCCCCCCCCCCCCCCCCCCCCCCCCCCCC. The molecule has 0 aromatic rings. The highest BCUT2D eigenvalue weighted by Gasteiger charge is 2.51. The maximum Gasteiger partial charge on any atom is 0.220 e. The number of aliphatic hydroxyl groups is 8. The Morgan fingerprint density at radius 3 is 1.20 bits per heavy atom. The van der Waals surface area contributed by atoms with E-state index >= 15 is 0 Å². The predicted molar refractivity (Wildman–Crippen MR) is 332 cm³/mol. The molecule has 0 bridgehead atoms. The summed E-state index contributed by atoms with van der Waals surface area (Å²) in [6.45, 7) is 2.83. The highest BCUT2D eigenvalue weighted by molar-refractivity contribution is 5.76. The van der Waals surface area contributed by atoms with E-state index in [0.717, 1.165) is 32.1 Å². The van der Waals surface area contributed by atoms with Gasteiger partial charge in [0.05, 0.1) is 32.0 Å². The molecule has 12 unspecified atom stereocenters. The minimum atomic E-state index is -1.79. The first-order chi connectivity index (χ1) is 40.1. The normalized spacial score (nSPS) is 24.0. The fourth-order valence-corrected chi connectivity index (χ4v) is 11.6. The number of carbonyl (C=O) groups excluding carboxylic acids is 1. The zero-order valence-corrected chi connectivity index (χ0v) is 52.5. The first-order valence-corrected chi connectivity index (χ1v) is 34.6. The Morgan fingerprint density at radius 2 is 0.780 bits per heavy atom. The average molecular weight is 1170 g/mol. The lowest BCUT2D eigenvalue weighted by Crippen LogP contribution is -2.65. The molecule has 0 spiro atoms. The standard InChI is InChI=1S/C68H129NO13/c1-3-5-7-9-11-13-15-17-19-21-23-24-25-26-27-28-29-30-31-32-34-36-38-40-42-44-46-48-50-52-60(73)69-56(57(72)51-49-47-45-43-41-39-37-35-33-22-20-18-16-14-12-10-8-6-4-2)55-79-67-65(78)63(76)66(59(54-71)81-67)82-68-64(77)62(75)61(74)58(53-70)80-68/h41,43,49,51,56-59,61-68,70-72,74-78H,3-40,42,44-48,50,52-55H2,1-2H3,(H,69,73)/b43-41+,51-49+. The van der Waals surface area contributed by atoms with E-state index in [0.29, 0.717) is 12.8 Å². The van der Waals surface area contributed by atoms with Gasteiger partial charge in [0.15, 0.2) is 12.6 Å². The molecule has 0 aromatic carbocycles. The van der Waals surface area contributed by atoms with Crippen molar-refractivity contribution in [3.05, 3.63) is 24.3 Å². The van der Waals surface area contributed by atoms with Crippen molar-refractivity contribution < 1.29 is 64.6 Å². The molecule has 1 amide bonds. The van der Waals surface area contributed by atoms with Gasteiger partial charge in [-0.25, -0.2) is 0 Å². The molecule has 2 heterocycles. The van der Waals surface area contributed by atoms with Crippen molar-refractivity contribution in [2.24, 2.45) is 0 Å². The van der Waals surface area contributed by atoms with Crippen molar-refractivity contribution in [3.8, 4) is 0 Å². The summed E-state index contributed by atoms with van der Waals surface area (Å²) in [4.78, 5) is 13.3. The Hall–Kier alpha value is -1.53. The number of nitrogens with one attached hydrogen (secondary N) is 1. The largest absolute Gasteiger partial charge is 0.394 e.